The molecule has 0 aliphatic carbocycles. The van der Waals surface area contributed by atoms with E-state index >= 15 is 0 Å². The van der Waals surface area contributed by atoms with Crippen LogP contribution in [0.3, 0.4) is 0 Å². The summed E-state index contributed by atoms with van der Waals surface area (Å²) < 4.78 is 40.6. The molecular formula is C28H36F3N3. The molecule has 1 aromatic carbocycles. The molecule has 0 spiro atoms. The average molecular weight is 472 g/mol. The molecule has 1 fully saturated rings. The van der Waals surface area contributed by atoms with E-state index in [-0.39, 0.29) is 5.54 Å². The van der Waals surface area contributed by atoms with Gasteiger partial charge in [0.15, 0.2) is 0 Å². The van der Waals surface area contributed by atoms with Gasteiger partial charge < -0.3 is 5.32 Å². The maximum Gasteiger partial charge on any atom is 0.416 e. The van der Waals surface area contributed by atoms with Crippen LogP contribution < -0.4 is 5.32 Å². The number of nitrogens with zero attached hydrogens (tertiary/aromatic N) is 2. The highest BCUT2D eigenvalue weighted by molar-refractivity contribution is 6.13. The summed E-state index contributed by atoms with van der Waals surface area (Å²) in [5.74, 6) is 0. The van der Waals surface area contributed by atoms with E-state index < -0.39 is 11.7 Å². The van der Waals surface area contributed by atoms with Crippen LogP contribution in [-0.4, -0.2) is 29.7 Å². The van der Waals surface area contributed by atoms with Crippen LogP contribution in [0.2, 0.25) is 0 Å². The SMILES string of the molecule is C=C/C(C(=C)Nc1ccc(C(F)(F)F)cc1/C(C=C(C)C)=N/C=C\C)=C(/C)C1(C)CCCN1C. The molecule has 1 N–H and O–H groups in total. The molecule has 1 heterocycles. The van der Waals surface area contributed by atoms with Gasteiger partial charge in [-0.05, 0) is 96.5 Å². The number of hydrogen-bond donors (Lipinski definition) is 1. The zero-order chi connectivity index (χ0) is 25.7. The number of aliphatic imine (C=N–C) groups is 1. The number of likely N-dealkylation sites (N-methyl/N-ethyl adjacent to an activating group) is 1. The zero-order valence-electron chi connectivity index (χ0n) is 21.1. The topological polar surface area (TPSA) is 27.6 Å². The first-order chi connectivity index (χ1) is 15.8. The van der Waals surface area contributed by atoms with E-state index in [1.165, 1.54) is 6.07 Å². The van der Waals surface area contributed by atoms with Gasteiger partial charge in [-0.25, -0.2) is 0 Å². The van der Waals surface area contributed by atoms with Crippen molar-refractivity contribution in [2.75, 3.05) is 18.9 Å². The monoisotopic (exact) mass is 471 g/mol. The van der Waals surface area contributed by atoms with Crippen molar-refractivity contribution in [2.45, 2.75) is 59.2 Å². The first kappa shape index (κ1) is 27.4. The van der Waals surface area contributed by atoms with Crippen molar-refractivity contribution in [1.29, 1.82) is 0 Å². The van der Waals surface area contributed by atoms with Crippen molar-refractivity contribution in [3.63, 3.8) is 0 Å². The van der Waals surface area contributed by atoms with Crippen LogP contribution in [-0.2, 0) is 6.18 Å². The third-order valence-electron chi connectivity index (χ3n) is 6.44. The van der Waals surface area contributed by atoms with E-state index in [4.69, 9.17) is 0 Å². The van der Waals surface area contributed by atoms with E-state index in [2.05, 4.69) is 49.3 Å². The second-order valence-corrected chi connectivity index (χ2v) is 9.12. The molecule has 1 unspecified atom stereocenters. The molecule has 184 valence electrons. The molecule has 1 aromatic rings. The van der Waals surface area contributed by atoms with Crippen molar-refractivity contribution in [3.8, 4) is 0 Å². The fraction of sp³-hybridized carbons (Fsp3) is 0.393. The molecular weight excluding hydrogens is 435 g/mol. The van der Waals surface area contributed by atoms with Gasteiger partial charge in [-0.1, -0.05) is 30.9 Å². The Kier molecular flexibility index (Phi) is 8.89. The van der Waals surface area contributed by atoms with E-state index in [0.717, 1.165) is 48.2 Å². The fourth-order valence-corrected chi connectivity index (χ4v) is 4.25. The Bertz CT molecular complexity index is 1050. The van der Waals surface area contributed by atoms with E-state index in [1.807, 2.05) is 13.8 Å². The predicted octanol–water partition coefficient (Wildman–Crippen LogP) is 7.91. The minimum Gasteiger partial charge on any atom is -0.355 e. The molecule has 1 aliphatic heterocycles. The molecule has 3 nitrogen and oxygen atoms in total. The number of anilines is 1. The lowest BCUT2D eigenvalue weighted by molar-refractivity contribution is -0.137. The van der Waals surface area contributed by atoms with Gasteiger partial charge in [0.25, 0.3) is 0 Å². The molecule has 0 bridgehead atoms. The summed E-state index contributed by atoms with van der Waals surface area (Å²) >= 11 is 0. The van der Waals surface area contributed by atoms with Crippen molar-refractivity contribution >= 4 is 11.4 Å². The van der Waals surface area contributed by atoms with Gasteiger partial charge in [-0.15, -0.1) is 0 Å². The van der Waals surface area contributed by atoms with Gasteiger partial charge in [0.1, 0.15) is 0 Å². The second-order valence-electron chi connectivity index (χ2n) is 9.12. The minimum absolute atomic E-state index is 0.127. The number of allylic oxidation sites excluding steroid dienone is 4. The largest absolute Gasteiger partial charge is 0.416 e. The molecule has 1 atom stereocenters. The molecule has 0 amide bonds. The van der Waals surface area contributed by atoms with Gasteiger partial charge in [0, 0.05) is 28.7 Å². The number of rotatable bonds is 8. The summed E-state index contributed by atoms with van der Waals surface area (Å²) in [6, 6.07) is 3.64. The van der Waals surface area contributed by atoms with Gasteiger partial charge in [-0.3, -0.25) is 9.89 Å². The number of nitrogens with one attached hydrogen (secondary N) is 1. The van der Waals surface area contributed by atoms with Crippen LogP contribution in [0.25, 0.3) is 0 Å². The Balaban J connectivity index is 2.62. The van der Waals surface area contributed by atoms with Crippen molar-refractivity contribution < 1.29 is 13.2 Å². The summed E-state index contributed by atoms with van der Waals surface area (Å²) in [5, 5.41) is 3.26. The molecule has 0 radical (unpaired) electrons. The number of benzene rings is 1. The van der Waals surface area contributed by atoms with Crippen molar-refractivity contribution in [3.05, 3.63) is 89.3 Å². The third-order valence-corrected chi connectivity index (χ3v) is 6.44. The van der Waals surface area contributed by atoms with E-state index in [1.54, 1.807) is 31.4 Å². The van der Waals surface area contributed by atoms with Crippen LogP contribution in [0.5, 0.6) is 0 Å². The van der Waals surface area contributed by atoms with Crippen LogP contribution in [0.15, 0.2) is 83.2 Å². The van der Waals surface area contributed by atoms with Crippen molar-refractivity contribution in [2.24, 2.45) is 4.99 Å². The first-order valence-corrected chi connectivity index (χ1v) is 11.4. The lowest BCUT2D eigenvalue weighted by Crippen LogP contribution is -2.40. The van der Waals surface area contributed by atoms with Gasteiger partial charge >= 0.3 is 6.18 Å². The zero-order valence-corrected chi connectivity index (χ0v) is 21.1. The van der Waals surface area contributed by atoms with Crippen LogP contribution in [0, 0.1) is 0 Å². The Morgan fingerprint density at radius 2 is 1.91 bits per heavy atom. The van der Waals surface area contributed by atoms with Gasteiger partial charge in [0.05, 0.1) is 11.3 Å². The second kappa shape index (κ2) is 11.0. The fourth-order valence-electron chi connectivity index (χ4n) is 4.25. The average Bonchev–Trinajstić information content (AvgIpc) is 3.10. The summed E-state index contributed by atoms with van der Waals surface area (Å²) in [7, 11) is 2.10. The lowest BCUT2D eigenvalue weighted by atomic mass is 9.86. The molecule has 34 heavy (non-hydrogen) atoms. The quantitative estimate of drug-likeness (QED) is 0.308. The van der Waals surface area contributed by atoms with Gasteiger partial charge in [-0.2, -0.15) is 13.2 Å². The third kappa shape index (κ3) is 6.17. The van der Waals surface area contributed by atoms with E-state index in [9.17, 15) is 13.2 Å². The standard InChI is InChI=1S/C28H36F3N3/c1-9-15-32-26(17-19(3)4)24-18-22(28(29,30)31)12-13-25(24)33-21(6)23(10-2)20(5)27(7)14-11-16-34(27)8/h9-10,12-13,15,17-18,33H,2,6,11,14,16H2,1,3-5,7-8H3/b15-9-,23-20+,32-26+. The lowest BCUT2D eigenvalue weighted by Gasteiger charge is -2.35. The Labute approximate surface area is 202 Å². The Morgan fingerprint density at radius 3 is 2.41 bits per heavy atom. The summed E-state index contributed by atoms with van der Waals surface area (Å²) in [6.07, 6.45) is 4.50. The molecule has 2 rings (SSSR count). The van der Waals surface area contributed by atoms with Crippen LogP contribution >= 0.6 is 0 Å². The maximum absolute atomic E-state index is 13.5. The summed E-state index contributed by atoms with van der Waals surface area (Å²) in [5.41, 5.74) is 3.90. The highest BCUT2D eigenvalue weighted by Crippen LogP contribution is 2.38. The van der Waals surface area contributed by atoms with Crippen LogP contribution in [0.4, 0.5) is 18.9 Å². The van der Waals surface area contributed by atoms with Crippen molar-refractivity contribution in [1.82, 2.24) is 4.90 Å². The maximum atomic E-state index is 13.5. The molecule has 0 aromatic heterocycles. The smallest absolute Gasteiger partial charge is 0.355 e. The van der Waals surface area contributed by atoms with Crippen LogP contribution in [0.1, 0.15) is 58.6 Å². The first-order valence-electron chi connectivity index (χ1n) is 11.4. The molecule has 1 saturated heterocycles. The number of alkyl halides is 3. The van der Waals surface area contributed by atoms with E-state index in [0.29, 0.717) is 22.7 Å². The number of likely N-dealkylation sites (tertiary alicyclic amines) is 1. The summed E-state index contributed by atoms with van der Waals surface area (Å²) in [6.45, 7) is 19.1. The molecule has 0 saturated carbocycles. The Hall–Kier alpha value is -2.86. The number of hydrogen-bond acceptors (Lipinski definition) is 3. The highest BCUT2D eigenvalue weighted by Gasteiger charge is 2.37. The normalized spacial score (nSPS) is 20.3. The minimum atomic E-state index is -4.47. The van der Waals surface area contributed by atoms with Gasteiger partial charge in [0.2, 0.25) is 0 Å². The predicted molar refractivity (Wildman–Crippen MR) is 138 cm³/mol. The molecule has 1 aliphatic rings. The molecule has 6 heteroatoms. The number of halogens is 3. The highest BCUT2D eigenvalue weighted by atomic mass is 19.4. The summed E-state index contributed by atoms with van der Waals surface area (Å²) in [4.78, 5) is 6.73. The Morgan fingerprint density at radius 1 is 1.24 bits per heavy atom.